The van der Waals surface area contributed by atoms with Crippen molar-refractivity contribution in [3.8, 4) is 11.5 Å². The van der Waals surface area contributed by atoms with Crippen molar-refractivity contribution < 1.29 is 28.3 Å². The van der Waals surface area contributed by atoms with Crippen LogP contribution < -0.4 is 15.2 Å². The molecule has 2 N–H and O–H groups in total. The van der Waals surface area contributed by atoms with Gasteiger partial charge in [0.15, 0.2) is 6.61 Å². The molecule has 0 saturated heterocycles. The number of hydrogen-bond acceptors (Lipinski definition) is 8. The summed E-state index contributed by atoms with van der Waals surface area (Å²) in [7, 11) is 3.24. The number of nitrogens with zero attached hydrogens (tertiary/aromatic N) is 3. The quantitative estimate of drug-likeness (QED) is 0.411. The Kier molecular flexibility index (Phi) is 8.30. The molecule has 3 aromatic rings. The summed E-state index contributed by atoms with van der Waals surface area (Å²) in [4.78, 5) is 27.9. The van der Waals surface area contributed by atoms with Crippen molar-refractivity contribution in [3.63, 3.8) is 0 Å². The predicted octanol–water partition coefficient (Wildman–Crippen LogP) is 3.54. The molecular weight excluding hydrogens is 452 g/mol. The monoisotopic (exact) mass is 482 g/mol. The Bertz CT molecular complexity index is 1120. The number of amides is 2. The molecule has 3 rings (SSSR count). The zero-order chi connectivity index (χ0) is 25.4. The Morgan fingerprint density at radius 3 is 2.06 bits per heavy atom. The van der Waals surface area contributed by atoms with Crippen molar-refractivity contribution in [1.29, 1.82) is 0 Å². The van der Waals surface area contributed by atoms with Crippen molar-refractivity contribution in [1.82, 2.24) is 15.0 Å². The van der Waals surface area contributed by atoms with Gasteiger partial charge in [0.05, 0.1) is 13.2 Å². The molecule has 0 radical (unpaired) electrons. The van der Waals surface area contributed by atoms with E-state index in [2.05, 4.69) is 28.7 Å². The van der Waals surface area contributed by atoms with E-state index in [1.165, 1.54) is 4.90 Å². The molecule has 1 aromatic heterocycles. The normalized spacial score (nSPS) is 11.1. The van der Waals surface area contributed by atoms with Crippen molar-refractivity contribution in [3.05, 3.63) is 71.4 Å². The van der Waals surface area contributed by atoms with E-state index in [9.17, 15) is 9.59 Å². The van der Waals surface area contributed by atoms with Crippen LogP contribution in [0.2, 0.25) is 0 Å². The maximum atomic E-state index is 11.9. The molecule has 0 aliphatic carbocycles. The Hall–Kier alpha value is -4.08. The number of ether oxygens (including phenoxy) is 3. The van der Waals surface area contributed by atoms with Crippen molar-refractivity contribution in [2.24, 2.45) is 5.73 Å². The molecule has 10 heteroatoms. The summed E-state index contributed by atoms with van der Waals surface area (Å²) in [6, 6.07) is 15.7. The van der Waals surface area contributed by atoms with Gasteiger partial charge in [-0.15, -0.1) is 0 Å². The van der Waals surface area contributed by atoms with E-state index in [4.69, 9.17) is 19.7 Å². The molecule has 35 heavy (non-hydrogen) atoms. The summed E-state index contributed by atoms with van der Waals surface area (Å²) in [6.07, 6.45) is -0.221. The summed E-state index contributed by atoms with van der Waals surface area (Å²) in [6.45, 7) is 5.00. The van der Waals surface area contributed by atoms with Gasteiger partial charge in [0.1, 0.15) is 11.5 Å². The number of rotatable bonds is 11. The van der Waals surface area contributed by atoms with Crippen molar-refractivity contribution >= 4 is 12.0 Å². The van der Waals surface area contributed by atoms with E-state index in [0.717, 1.165) is 16.9 Å². The lowest BCUT2D eigenvalue weighted by molar-refractivity contribution is 0.0812. The molecule has 0 aliphatic heterocycles. The van der Waals surface area contributed by atoms with Crippen LogP contribution in [-0.2, 0) is 16.8 Å². The Morgan fingerprint density at radius 2 is 1.51 bits per heavy atom. The van der Waals surface area contributed by atoms with Gasteiger partial charge in [0, 0.05) is 25.9 Å². The van der Waals surface area contributed by atoms with Gasteiger partial charge in [-0.1, -0.05) is 43.3 Å². The van der Waals surface area contributed by atoms with Gasteiger partial charge in [-0.05, 0) is 35.4 Å². The molecular formula is C25H30N4O6. The molecule has 0 atom stereocenters. The van der Waals surface area contributed by atoms with Gasteiger partial charge in [0.25, 0.3) is 17.6 Å². The smallest absolute Gasteiger partial charge is 0.404 e. The topological polar surface area (TPSA) is 130 Å². The van der Waals surface area contributed by atoms with E-state index in [1.807, 2.05) is 48.5 Å². The highest BCUT2D eigenvalue weighted by Gasteiger charge is 2.23. The molecule has 0 unspecified atom stereocenters. The second kappa shape index (κ2) is 11.4. The number of carbonyl (C=O) groups is 2. The van der Waals surface area contributed by atoms with E-state index >= 15 is 0 Å². The average molecular weight is 483 g/mol. The first-order valence-corrected chi connectivity index (χ1v) is 11.1. The van der Waals surface area contributed by atoms with E-state index in [0.29, 0.717) is 18.8 Å². The molecule has 2 aromatic carbocycles. The highest BCUT2D eigenvalue weighted by Crippen LogP contribution is 2.33. The Labute approximate surface area is 204 Å². The Balaban J connectivity index is 1.55. The lowest BCUT2D eigenvalue weighted by atomic mass is 9.78. The standard InChI is InChI=1S/C25H30N4O6/c1-25(2,17-6-10-19(11-7-17)32-14-5-15-33-24(26)31)18-8-12-20(13-9-18)34-16-21-27-22(28-35-21)23(30)29(3)4/h6-13H,5,14-16H2,1-4H3,(H2,26,31). The molecule has 0 aliphatic rings. The number of benzene rings is 2. The molecule has 1 heterocycles. The van der Waals surface area contributed by atoms with Crippen LogP contribution in [0.4, 0.5) is 4.79 Å². The molecule has 10 nitrogen and oxygen atoms in total. The zero-order valence-electron chi connectivity index (χ0n) is 20.3. The fourth-order valence-electron chi connectivity index (χ4n) is 3.27. The molecule has 0 fully saturated rings. The summed E-state index contributed by atoms with van der Waals surface area (Å²) in [5, 5.41) is 3.68. The fourth-order valence-corrected chi connectivity index (χ4v) is 3.27. The van der Waals surface area contributed by atoms with Gasteiger partial charge in [-0.3, -0.25) is 4.79 Å². The molecule has 0 bridgehead atoms. The molecule has 0 saturated carbocycles. The van der Waals surface area contributed by atoms with Crippen LogP contribution in [0.1, 0.15) is 47.9 Å². The SMILES string of the molecule is CN(C)C(=O)c1noc(COc2ccc(C(C)(C)c3ccc(OCCCOC(N)=O)cc3)cc2)n1. The van der Waals surface area contributed by atoms with Crippen LogP contribution in [0.3, 0.4) is 0 Å². The first-order chi connectivity index (χ1) is 16.7. The largest absolute Gasteiger partial charge is 0.493 e. The minimum Gasteiger partial charge on any atom is -0.493 e. The number of nitrogens with two attached hydrogens (primary N) is 1. The zero-order valence-corrected chi connectivity index (χ0v) is 20.3. The van der Waals surface area contributed by atoms with Gasteiger partial charge < -0.3 is 29.4 Å². The van der Waals surface area contributed by atoms with Gasteiger partial charge in [-0.25, -0.2) is 4.79 Å². The summed E-state index contributed by atoms with van der Waals surface area (Å²) in [5.74, 6) is 1.28. The van der Waals surface area contributed by atoms with Crippen LogP contribution in [0.25, 0.3) is 0 Å². The maximum Gasteiger partial charge on any atom is 0.404 e. The average Bonchev–Trinajstić information content (AvgIpc) is 3.31. The number of aromatic nitrogens is 2. The fraction of sp³-hybridized carbons (Fsp3) is 0.360. The Morgan fingerprint density at radius 1 is 0.943 bits per heavy atom. The maximum absolute atomic E-state index is 11.9. The lowest BCUT2D eigenvalue weighted by Crippen LogP contribution is -2.22. The highest BCUT2D eigenvalue weighted by atomic mass is 16.5. The molecule has 0 spiro atoms. The van der Waals surface area contributed by atoms with Gasteiger partial charge in [0.2, 0.25) is 0 Å². The second-order valence-corrected chi connectivity index (χ2v) is 8.54. The molecule has 2 amide bonds. The van der Waals surface area contributed by atoms with Crippen LogP contribution in [0, 0.1) is 0 Å². The third-order valence-corrected chi connectivity index (χ3v) is 5.38. The first kappa shape index (κ1) is 25.5. The van der Waals surface area contributed by atoms with Crippen molar-refractivity contribution in [2.75, 3.05) is 27.3 Å². The predicted molar refractivity (Wildman–Crippen MR) is 127 cm³/mol. The van der Waals surface area contributed by atoms with Gasteiger partial charge >= 0.3 is 6.09 Å². The van der Waals surface area contributed by atoms with E-state index in [1.54, 1.807) is 14.1 Å². The van der Waals surface area contributed by atoms with Crippen molar-refractivity contribution in [2.45, 2.75) is 32.3 Å². The third kappa shape index (κ3) is 6.95. The minimum atomic E-state index is -0.782. The van der Waals surface area contributed by atoms with Gasteiger partial charge in [-0.2, -0.15) is 4.98 Å². The number of hydrogen-bond donors (Lipinski definition) is 1. The van der Waals surface area contributed by atoms with Crippen LogP contribution in [-0.4, -0.2) is 54.4 Å². The summed E-state index contributed by atoms with van der Waals surface area (Å²) < 4.78 is 21.2. The lowest BCUT2D eigenvalue weighted by Gasteiger charge is -2.26. The van der Waals surface area contributed by atoms with Crippen LogP contribution in [0.5, 0.6) is 11.5 Å². The second-order valence-electron chi connectivity index (χ2n) is 8.54. The minimum absolute atomic E-state index is 0.000725. The number of primary amides is 1. The van der Waals surface area contributed by atoms with Crippen LogP contribution >= 0.6 is 0 Å². The number of carbonyl (C=O) groups excluding carboxylic acids is 2. The highest BCUT2D eigenvalue weighted by molar-refractivity contribution is 5.89. The van der Waals surface area contributed by atoms with E-state index < -0.39 is 6.09 Å². The van der Waals surface area contributed by atoms with E-state index in [-0.39, 0.29) is 36.3 Å². The summed E-state index contributed by atoms with van der Waals surface area (Å²) in [5.41, 5.74) is 6.91. The third-order valence-electron chi connectivity index (χ3n) is 5.38. The summed E-state index contributed by atoms with van der Waals surface area (Å²) >= 11 is 0. The first-order valence-electron chi connectivity index (χ1n) is 11.1. The molecule has 186 valence electrons. The van der Waals surface area contributed by atoms with Crippen LogP contribution in [0.15, 0.2) is 53.1 Å².